The van der Waals surface area contributed by atoms with E-state index in [1.165, 1.54) is 73.0 Å². The summed E-state index contributed by atoms with van der Waals surface area (Å²) in [6.45, 7) is 7.17. The number of phenols is 1. The lowest BCUT2D eigenvalue weighted by molar-refractivity contribution is 0.475. The first kappa shape index (κ1) is 17.2. The van der Waals surface area contributed by atoms with Crippen molar-refractivity contribution in [2.24, 2.45) is 0 Å². The zero-order valence-electron chi connectivity index (χ0n) is 15.6. The normalized spacial score (nSPS) is 14.2. The predicted molar refractivity (Wildman–Crippen MR) is 109 cm³/mol. The van der Waals surface area contributed by atoms with Gasteiger partial charge < -0.3 is 14.6 Å². The molecule has 0 atom stereocenters. The van der Waals surface area contributed by atoms with Crippen molar-refractivity contribution in [1.82, 2.24) is 9.47 Å². The number of hydrogen-bond acceptors (Lipinski definition) is 2. The molecule has 0 amide bonds. The quantitative estimate of drug-likeness (QED) is 0.448. The Morgan fingerprint density at radius 1 is 0.846 bits per heavy atom. The van der Waals surface area contributed by atoms with Crippen LogP contribution in [0.25, 0.3) is 22.2 Å². The molecule has 1 N–H and O–H groups in total. The molecule has 0 aliphatic carbocycles. The fraction of sp³-hybridized carbons (Fsp3) is 0.391. The molecule has 1 fully saturated rings. The summed E-state index contributed by atoms with van der Waals surface area (Å²) in [5.41, 5.74) is 5.11. The van der Waals surface area contributed by atoms with Gasteiger partial charge in [-0.05, 0) is 67.8 Å². The largest absolute Gasteiger partial charge is 0.508 e. The van der Waals surface area contributed by atoms with E-state index >= 15 is 0 Å². The second kappa shape index (κ2) is 7.55. The molecule has 0 bridgehead atoms. The third-order valence-corrected chi connectivity index (χ3v) is 5.51. The van der Waals surface area contributed by atoms with Crippen LogP contribution in [-0.2, 0) is 6.54 Å². The number of unbranched alkanes of at least 4 members (excludes halogenated alkanes) is 3. The summed E-state index contributed by atoms with van der Waals surface area (Å²) < 4.78 is 2.47. The molecule has 2 aromatic carbocycles. The van der Waals surface area contributed by atoms with Crippen molar-refractivity contribution in [2.45, 2.75) is 39.2 Å². The lowest BCUT2D eigenvalue weighted by Gasteiger charge is -2.12. The average Bonchev–Trinajstić information content (AvgIpc) is 3.44. The Kier molecular flexibility index (Phi) is 4.98. The SMILES string of the molecule is Cc1c(-c2ccc(O)cc2)n(CCCCCCN2CC2)c2ccccc12. The van der Waals surface area contributed by atoms with Gasteiger partial charge >= 0.3 is 0 Å². The third kappa shape index (κ3) is 3.63. The van der Waals surface area contributed by atoms with Crippen molar-refractivity contribution in [3.63, 3.8) is 0 Å². The van der Waals surface area contributed by atoms with Crippen LogP contribution in [0.3, 0.4) is 0 Å². The Bertz CT molecular complexity index is 875. The minimum absolute atomic E-state index is 0.320. The molecule has 26 heavy (non-hydrogen) atoms. The molecule has 3 aromatic rings. The smallest absolute Gasteiger partial charge is 0.115 e. The summed E-state index contributed by atoms with van der Waals surface area (Å²) in [6.07, 6.45) is 5.15. The highest BCUT2D eigenvalue weighted by molar-refractivity contribution is 5.91. The Morgan fingerprint density at radius 3 is 2.27 bits per heavy atom. The number of rotatable bonds is 8. The van der Waals surface area contributed by atoms with Gasteiger partial charge in [0.05, 0.1) is 5.69 Å². The fourth-order valence-corrected chi connectivity index (χ4v) is 3.95. The maximum Gasteiger partial charge on any atom is 0.115 e. The van der Waals surface area contributed by atoms with Gasteiger partial charge in [-0.1, -0.05) is 31.0 Å². The molecule has 2 heterocycles. The number of phenolic OH excluding ortho intramolecular Hbond substituents is 1. The first-order chi connectivity index (χ1) is 12.7. The van der Waals surface area contributed by atoms with Crippen molar-refractivity contribution in [3.05, 3.63) is 54.1 Å². The summed E-state index contributed by atoms with van der Waals surface area (Å²) >= 11 is 0. The topological polar surface area (TPSA) is 28.2 Å². The lowest BCUT2D eigenvalue weighted by atomic mass is 10.1. The van der Waals surface area contributed by atoms with Crippen LogP contribution >= 0.6 is 0 Å². The highest BCUT2D eigenvalue weighted by Gasteiger charge is 2.16. The number of para-hydroxylation sites is 1. The van der Waals surface area contributed by atoms with Crippen molar-refractivity contribution < 1.29 is 5.11 Å². The number of benzene rings is 2. The van der Waals surface area contributed by atoms with E-state index in [4.69, 9.17) is 0 Å². The molecular weight excluding hydrogens is 320 g/mol. The summed E-state index contributed by atoms with van der Waals surface area (Å²) in [7, 11) is 0. The predicted octanol–water partition coefficient (Wildman–Crippen LogP) is 5.20. The second-order valence-electron chi connectivity index (χ2n) is 7.45. The van der Waals surface area contributed by atoms with Gasteiger partial charge in [-0.15, -0.1) is 0 Å². The van der Waals surface area contributed by atoms with Gasteiger partial charge in [-0.3, -0.25) is 0 Å². The molecule has 0 spiro atoms. The number of aromatic nitrogens is 1. The number of aryl methyl sites for hydroxylation is 2. The molecule has 136 valence electrons. The molecule has 1 aliphatic heterocycles. The minimum Gasteiger partial charge on any atom is -0.508 e. The molecule has 3 heteroatoms. The number of aromatic hydroxyl groups is 1. The van der Waals surface area contributed by atoms with E-state index in [0.717, 1.165) is 6.54 Å². The maximum atomic E-state index is 9.64. The zero-order valence-corrected chi connectivity index (χ0v) is 15.6. The molecule has 1 saturated heterocycles. The number of hydrogen-bond donors (Lipinski definition) is 1. The molecule has 1 aromatic heterocycles. The van der Waals surface area contributed by atoms with Crippen LogP contribution in [0.1, 0.15) is 31.2 Å². The van der Waals surface area contributed by atoms with Gasteiger partial charge in [0.1, 0.15) is 5.75 Å². The van der Waals surface area contributed by atoms with Crippen molar-refractivity contribution in [2.75, 3.05) is 19.6 Å². The Balaban J connectivity index is 1.55. The Labute approximate surface area is 155 Å². The molecule has 3 nitrogen and oxygen atoms in total. The van der Waals surface area contributed by atoms with E-state index in [2.05, 4.69) is 40.7 Å². The average molecular weight is 348 g/mol. The van der Waals surface area contributed by atoms with Gasteiger partial charge in [0.2, 0.25) is 0 Å². The lowest BCUT2D eigenvalue weighted by Crippen LogP contribution is -2.02. The first-order valence-electron chi connectivity index (χ1n) is 9.83. The monoisotopic (exact) mass is 348 g/mol. The van der Waals surface area contributed by atoms with E-state index in [9.17, 15) is 5.11 Å². The van der Waals surface area contributed by atoms with Gasteiger partial charge in [0.15, 0.2) is 0 Å². The molecule has 1 aliphatic rings. The molecule has 0 radical (unpaired) electrons. The zero-order chi connectivity index (χ0) is 17.9. The summed E-state index contributed by atoms with van der Waals surface area (Å²) in [5, 5.41) is 11.0. The molecule has 4 rings (SSSR count). The maximum absolute atomic E-state index is 9.64. The van der Waals surface area contributed by atoms with E-state index in [1.54, 1.807) is 12.1 Å². The van der Waals surface area contributed by atoms with Crippen LogP contribution in [0.5, 0.6) is 5.75 Å². The third-order valence-electron chi connectivity index (χ3n) is 5.51. The van der Waals surface area contributed by atoms with Crippen LogP contribution in [0.4, 0.5) is 0 Å². The first-order valence-corrected chi connectivity index (χ1v) is 9.83. The van der Waals surface area contributed by atoms with Crippen molar-refractivity contribution in [3.8, 4) is 17.0 Å². The van der Waals surface area contributed by atoms with Crippen molar-refractivity contribution >= 4 is 10.9 Å². The fourth-order valence-electron chi connectivity index (χ4n) is 3.95. The molecule has 0 unspecified atom stereocenters. The van der Waals surface area contributed by atoms with Crippen LogP contribution < -0.4 is 0 Å². The molecular formula is C23H28N2O. The molecule has 0 saturated carbocycles. The highest BCUT2D eigenvalue weighted by atomic mass is 16.3. The van der Waals surface area contributed by atoms with Crippen LogP contribution in [0, 0.1) is 6.92 Å². The summed E-state index contributed by atoms with van der Waals surface area (Å²) in [6, 6.07) is 16.3. The Hall–Kier alpha value is -2.26. The highest BCUT2D eigenvalue weighted by Crippen LogP contribution is 2.34. The van der Waals surface area contributed by atoms with Crippen LogP contribution in [0.2, 0.25) is 0 Å². The van der Waals surface area contributed by atoms with E-state index in [1.807, 2.05) is 12.1 Å². The van der Waals surface area contributed by atoms with Crippen molar-refractivity contribution in [1.29, 1.82) is 0 Å². The Morgan fingerprint density at radius 2 is 1.54 bits per heavy atom. The van der Waals surface area contributed by atoms with Crippen LogP contribution in [-0.4, -0.2) is 34.2 Å². The number of nitrogens with zero attached hydrogens (tertiary/aromatic N) is 2. The van der Waals surface area contributed by atoms with Gasteiger partial charge in [-0.25, -0.2) is 0 Å². The van der Waals surface area contributed by atoms with Gasteiger partial charge in [0.25, 0.3) is 0 Å². The van der Waals surface area contributed by atoms with E-state index in [0.29, 0.717) is 5.75 Å². The summed E-state index contributed by atoms with van der Waals surface area (Å²) in [4.78, 5) is 2.51. The van der Waals surface area contributed by atoms with Gasteiger partial charge in [-0.2, -0.15) is 0 Å². The standard InChI is InChI=1S/C23H28N2O/c1-18-21-8-4-5-9-22(21)25(15-7-3-2-6-14-24-16-17-24)23(18)19-10-12-20(26)13-11-19/h4-5,8-13,26H,2-3,6-7,14-17H2,1H3. The second-order valence-corrected chi connectivity index (χ2v) is 7.45. The van der Waals surface area contributed by atoms with E-state index in [-0.39, 0.29) is 0 Å². The van der Waals surface area contributed by atoms with Gasteiger partial charge in [0, 0.05) is 30.5 Å². The summed E-state index contributed by atoms with van der Waals surface area (Å²) in [5.74, 6) is 0.320. The number of fused-ring (bicyclic) bond motifs is 1. The van der Waals surface area contributed by atoms with Crippen LogP contribution in [0.15, 0.2) is 48.5 Å². The minimum atomic E-state index is 0.320. The van der Waals surface area contributed by atoms with E-state index < -0.39 is 0 Å².